The van der Waals surface area contributed by atoms with Gasteiger partial charge in [-0.15, -0.1) is 0 Å². The number of ether oxygens (including phenoxy) is 1. The SMILES string of the molecule is Cc1cc(C2CN(c3cc4c(=O)n(C)c(C)nc4c(-c4ccc(C(F)(F)F)cc4F)n3)CC(C)(C)O2)ccn1. The number of halogens is 4. The van der Waals surface area contributed by atoms with Crippen molar-refractivity contribution in [2.45, 2.75) is 45.6 Å². The Hall–Kier alpha value is -3.86. The Morgan fingerprint density at radius 1 is 1.08 bits per heavy atom. The van der Waals surface area contributed by atoms with Crippen LogP contribution in [-0.4, -0.2) is 38.2 Å². The van der Waals surface area contributed by atoms with E-state index in [9.17, 15) is 18.0 Å². The molecule has 7 nitrogen and oxygen atoms in total. The van der Waals surface area contributed by atoms with E-state index in [1.807, 2.05) is 37.8 Å². The lowest BCUT2D eigenvalue weighted by Crippen LogP contribution is -2.50. The summed E-state index contributed by atoms with van der Waals surface area (Å²) in [6, 6.07) is 7.67. The van der Waals surface area contributed by atoms with Crippen LogP contribution in [-0.2, 0) is 18.0 Å². The third-order valence-electron chi connectivity index (χ3n) is 6.86. The Morgan fingerprint density at radius 3 is 2.49 bits per heavy atom. The van der Waals surface area contributed by atoms with E-state index in [4.69, 9.17) is 9.72 Å². The second kappa shape index (κ2) is 9.41. The van der Waals surface area contributed by atoms with E-state index >= 15 is 4.39 Å². The van der Waals surface area contributed by atoms with Crippen LogP contribution >= 0.6 is 0 Å². The maximum atomic E-state index is 15.2. The summed E-state index contributed by atoms with van der Waals surface area (Å²) in [5.41, 5.74) is -0.417. The molecule has 1 aliphatic heterocycles. The maximum absolute atomic E-state index is 15.2. The van der Waals surface area contributed by atoms with Gasteiger partial charge in [0.1, 0.15) is 34.8 Å². The largest absolute Gasteiger partial charge is 0.416 e. The molecule has 0 amide bonds. The van der Waals surface area contributed by atoms with Crippen molar-refractivity contribution in [2.75, 3.05) is 18.0 Å². The lowest BCUT2D eigenvalue weighted by atomic mass is 10.0. The Balaban J connectivity index is 1.70. The molecule has 0 bridgehead atoms. The molecule has 0 aliphatic carbocycles. The van der Waals surface area contributed by atoms with Gasteiger partial charge in [-0.2, -0.15) is 13.2 Å². The average Bonchev–Trinajstić information content (AvgIpc) is 2.85. The van der Waals surface area contributed by atoms with Crippen molar-refractivity contribution >= 4 is 16.7 Å². The summed E-state index contributed by atoms with van der Waals surface area (Å²) in [4.78, 5) is 28.7. The van der Waals surface area contributed by atoms with Gasteiger partial charge >= 0.3 is 6.18 Å². The van der Waals surface area contributed by atoms with Gasteiger partial charge in [0.05, 0.1) is 16.6 Å². The minimum Gasteiger partial charge on any atom is -0.364 e. The molecule has 1 unspecified atom stereocenters. The molecule has 1 fully saturated rings. The first-order valence-corrected chi connectivity index (χ1v) is 12.3. The molecule has 0 spiro atoms. The molecule has 5 rings (SSSR count). The zero-order valence-corrected chi connectivity index (χ0v) is 22.1. The van der Waals surface area contributed by atoms with Gasteiger partial charge in [-0.05, 0) is 69.7 Å². The summed E-state index contributed by atoms with van der Waals surface area (Å²) < 4.78 is 62.6. The molecule has 3 aromatic heterocycles. The van der Waals surface area contributed by atoms with Crippen molar-refractivity contribution < 1.29 is 22.3 Å². The molecule has 1 aliphatic rings. The van der Waals surface area contributed by atoms with Crippen LogP contribution in [0.1, 0.15) is 42.6 Å². The lowest BCUT2D eigenvalue weighted by molar-refractivity contribution is -0.137. The van der Waals surface area contributed by atoms with Crippen molar-refractivity contribution in [1.82, 2.24) is 19.5 Å². The van der Waals surface area contributed by atoms with Crippen LogP contribution in [0, 0.1) is 19.7 Å². The van der Waals surface area contributed by atoms with E-state index in [-0.39, 0.29) is 33.8 Å². The fraction of sp³-hybridized carbons (Fsp3) is 0.357. The molecule has 0 radical (unpaired) electrons. The predicted octanol–water partition coefficient (Wildman–Crippen LogP) is 5.52. The Kier molecular flexibility index (Phi) is 6.45. The predicted molar refractivity (Wildman–Crippen MR) is 139 cm³/mol. The highest BCUT2D eigenvalue weighted by Gasteiger charge is 2.36. The molecule has 11 heteroatoms. The van der Waals surface area contributed by atoms with E-state index in [0.29, 0.717) is 30.8 Å². The minimum absolute atomic E-state index is 0.00451. The van der Waals surface area contributed by atoms with Gasteiger partial charge in [-0.3, -0.25) is 14.3 Å². The molecular formula is C28H27F4N5O2. The molecule has 1 aromatic carbocycles. The van der Waals surface area contributed by atoms with Crippen molar-refractivity contribution in [1.29, 1.82) is 0 Å². The Labute approximate surface area is 222 Å². The van der Waals surface area contributed by atoms with Crippen molar-refractivity contribution in [3.8, 4) is 11.3 Å². The van der Waals surface area contributed by atoms with Crippen LogP contribution < -0.4 is 10.5 Å². The molecule has 1 saturated heterocycles. The first-order valence-electron chi connectivity index (χ1n) is 12.3. The van der Waals surface area contributed by atoms with Gasteiger partial charge < -0.3 is 9.64 Å². The van der Waals surface area contributed by atoms with Crippen LogP contribution in [0.3, 0.4) is 0 Å². The number of benzene rings is 1. The van der Waals surface area contributed by atoms with Gasteiger partial charge in [0.25, 0.3) is 5.56 Å². The van der Waals surface area contributed by atoms with Crippen molar-refractivity contribution in [3.05, 3.63) is 81.4 Å². The summed E-state index contributed by atoms with van der Waals surface area (Å²) in [6.45, 7) is 8.15. The van der Waals surface area contributed by atoms with E-state index < -0.39 is 23.2 Å². The number of rotatable bonds is 3. The molecular weight excluding hydrogens is 514 g/mol. The standard InChI is InChI=1S/C28H27F4N5O2/c1-15-10-17(8-9-33-15)22-13-37(14-27(3,4)39-22)23-12-20-25(34-16(2)36(5)26(20)38)24(35-23)19-7-6-18(11-21(19)29)28(30,31)32/h6-12,22H,13-14H2,1-5H3. The fourth-order valence-corrected chi connectivity index (χ4v) is 4.90. The Morgan fingerprint density at radius 2 is 1.82 bits per heavy atom. The normalized spacial score (nSPS) is 17.6. The number of hydrogen-bond acceptors (Lipinski definition) is 6. The third-order valence-corrected chi connectivity index (χ3v) is 6.86. The van der Waals surface area contributed by atoms with Crippen LogP contribution in [0.2, 0.25) is 0 Å². The smallest absolute Gasteiger partial charge is 0.364 e. The number of anilines is 1. The summed E-state index contributed by atoms with van der Waals surface area (Å²) in [5.74, 6) is -0.383. The van der Waals surface area contributed by atoms with Gasteiger partial charge in [0.2, 0.25) is 0 Å². The van der Waals surface area contributed by atoms with Gasteiger partial charge in [0.15, 0.2) is 0 Å². The minimum atomic E-state index is -4.71. The first kappa shape index (κ1) is 26.7. The molecule has 0 saturated carbocycles. The number of aryl methyl sites for hydroxylation is 2. The number of morpholine rings is 1. The highest BCUT2D eigenvalue weighted by Crippen LogP contribution is 2.37. The number of alkyl halides is 3. The zero-order chi connectivity index (χ0) is 28.3. The maximum Gasteiger partial charge on any atom is 0.416 e. The molecule has 204 valence electrons. The second-order valence-corrected chi connectivity index (χ2v) is 10.4. The quantitative estimate of drug-likeness (QED) is 0.318. The van der Waals surface area contributed by atoms with Gasteiger partial charge in [-0.1, -0.05) is 0 Å². The van der Waals surface area contributed by atoms with Crippen LogP contribution in [0.5, 0.6) is 0 Å². The summed E-state index contributed by atoms with van der Waals surface area (Å²) in [5, 5.41) is 0.183. The Bertz CT molecular complexity index is 1650. The summed E-state index contributed by atoms with van der Waals surface area (Å²) >= 11 is 0. The van der Waals surface area contributed by atoms with E-state index in [0.717, 1.165) is 23.4 Å². The van der Waals surface area contributed by atoms with E-state index in [1.165, 1.54) is 4.57 Å². The third kappa shape index (κ3) is 5.10. The summed E-state index contributed by atoms with van der Waals surface area (Å²) in [6.07, 6.45) is -3.35. The van der Waals surface area contributed by atoms with Crippen LogP contribution in [0.15, 0.2) is 47.4 Å². The number of nitrogens with zero attached hydrogens (tertiary/aromatic N) is 5. The molecule has 0 N–H and O–H groups in total. The van der Waals surface area contributed by atoms with Gasteiger partial charge in [-0.25, -0.2) is 14.4 Å². The molecule has 4 heterocycles. The summed E-state index contributed by atoms with van der Waals surface area (Å²) in [7, 11) is 1.57. The van der Waals surface area contributed by atoms with Crippen LogP contribution in [0.4, 0.5) is 23.4 Å². The topological polar surface area (TPSA) is 73.1 Å². The first-order chi connectivity index (χ1) is 18.2. The lowest BCUT2D eigenvalue weighted by Gasteiger charge is -2.43. The van der Waals surface area contributed by atoms with Crippen LogP contribution in [0.25, 0.3) is 22.2 Å². The van der Waals surface area contributed by atoms with E-state index in [2.05, 4.69) is 9.97 Å². The number of fused-ring (bicyclic) bond motifs is 1. The molecule has 39 heavy (non-hydrogen) atoms. The average molecular weight is 542 g/mol. The fourth-order valence-electron chi connectivity index (χ4n) is 4.90. The highest BCUT2D eigenvalue weighted by molar-refractivity contribution is 5.93. The monoisotopic (exact) mass is 541 g/mol. The zero-order valence-electron chi connectivity index (χ0n) is 22.1. The number of aromatic nitrogens is 4. The van der Waals surface area contributed by atoms with E-state index in [1.54, 1.807) is 26.2 Å². The van der Waals surface area contributed by atoms with Crippen molar-refractivity contribution in [2.24, 2.45) is 7.05 Å². The number of hydrogen-bond donors (Lipinski definition) is 0. The second-order valence-electron chi connectivity index (χ2n) is 10.4. The molecule has 1 atom stereocenters. The number of pyridine rings is 2. The highest BCUT2D eigenvalue weighted by atomic mass is 19.4. The molecule has 4 aromatic rings. The van der Waals surface area contributed by atoms with Crippen molar-refractivity contribution in [3.63, 3.8) is 0 Å². The van der Waals surface area contributed by atoms with Gasteiger partial charge in [0, 0.05) is 37.6 Å².